The molecule has 0 unspecified atom stereocenters. The Hall–Kier alpha value is -2.14. The molecule has 1 saturated heterocycles. The Bertz CT molecular complexity index is 919. The third-order valence-corrected chi connectivity index (χ3v) is 5.76. The van der Waals surface area contributed by atoms with Crippen molar-refractivity contribution >= 4 is 5.65 Å². The van der Waals surface area contributed by atoms with Crippen LogP contribution in [0.3, 0.4) is 0 Å². The van der Waals surface area contributed by atoms with Crippen LogP contribution in [0, 0.1) is 0 Å². The summed E-state index contributed by atoms with van der Waals surface area (Å²) in [5.41, 5.74) is 6.10. The lowest BCUT2D eigenvalue weighted by atomic mass is 9.93. The van der Waals surface area contributed by atoms with Crippen LogP contribution in [0.5, 0.6) is 0 Å². The molecule has 25 heavy (non-hydrogen) atoms. The second-order valence-corrected chi connectivity index (χ2v) is 8.46. The summed E-state index contributed by atoms with van der Waals surface area (Å²) in [6.07, 6.45) is 9.21. The average molecular weight is 336 g/mol. The molecule has 0 spiro atoms. The molecule has 0 N–H and O–H groups in total. The minimum Gasteiger partial charge on any atom is -0.472 e. The first-order valence-corrected chi connectivity index (χ1v) is 9.15. The molecule has 5 nitrogen and oxygen atoms in total. The van der Waals surface area contributed by atoms with Crippen molar-refractivity contribution < 1.29 is 4.42 Å². The van der Waals surface area contributed by atoms with Gasteiger partial charge in [-0.15, -0.1) is 0 Å². The third-order valence-electron chi connectivity index (χ3n) is 5.76. The van der Waals surface area contributed by atoms with Gasteiger partial charge in [-0.1, -0.05) is 20.8 Å². The van der Waals surface area contributed by atoms with Gasteiger partial charge in [0.2, 0.25) is 0 Å². The van der Waals surface area contributed by atoms with Crippen molar-refractivity contribution in [3.63, 3.8) is 0 Å². The van der Waals surface area contributed by atoms with Gasteiger partial charge >= 0.3 is 0 Å². The van der Waals surface area contributed by atoms with E-state index in [-0.39, 0.29) is 5.41 Å². The van der Waals surface area contributed by atoms with E-state index in [9.17, 15) is 0 Å². The predicted octanol–water partition coefficient (Wildman–Crippen LogP) is 3.88. The lowest BCUT2D eigenvalue weighted by molar-refractivity contribution is 0.164. The van der Waals surface area contributed by atoms with Gasteiger partial charge in [-0.2, -0.15) is 5.10 Å². The third kappa shape index (κ3) is 2.33. The molecule has 2 bridgehead atoms. The molecule has 0 aromatic carbocycles. The summed E-state index contributed by atoms with van der Waals surface area (Å²) in [5.74, 6) is 0. The minimum atomic E-state index is 0.0432. The molecule has 2 aliphatic rings. The minimum absolute atomic E-state index is 0.0432. The monoisotopic (exact) mass is 336 g/mol. The van der Waals surface area contributed by atoms with Crippen molar-refractivity contribution in [2.24, 2.45) is 0 Å². The SMILES string of the molecule is CC(C)(C)c1cc2ncc3c(n2n1)C[C@H]1CC[C@@H]3N1Cc1ccoc1. The summed E-state index contributed by atoms with van der Waals surface area (Å²) in [5, 5.41) is 4.92. The highest BCUT2D eigenvalue weighted by molar-refractivity contribution is 5.45. The van der Waals surface area contributed by atoms with E-state index in [1.807, 2.05) is 6.26 Å². The highest BCUT2D eigenvalue weighted by Gasteiger charge is 2.41. The molecule has 130 valence electrons. The van der Waals surface area contributed by atoms with Gasteiger partial charge in [0.1, 0.15) is 0 Å². The van der Waals surface area contributed by atoms with Crippen LogP contribution in [0.15, 0.2) is 35.3 Å². The van der Waals surface area contributed by atoms with Gasteiger partial charge in [-0.3, -0.25) is 4.90 Å². The lowest BCUT2D eigenvalue weighted by Gasteiger charge is -2.35. The summed E-state index contributed by atoms with van der Waals surface area (Å²) >= 11 is 0. The molecule has 3 aromatic rings. The smallest absolute Gasteiger partial charge is 0.155 e. The van der Waals surface area contributed by atoms with E-state index in [1.165, 1.54) is 29.7 Å². The second kappa shape index (κ2) is 5.18. The molecule has 2 atom stereocenters. The molecule has 0 aliphatic carbocycles. The van der Waals surface area contributed by atoms with Crippen molar-refractivity contribution in [1.29, 1.82) is 0 Å². The zero-order valence-corrected chi connectivity index (χ0v) is 15.1. The van der Waals surface area contributed by atoms with Crippen LogP contribution >= 0.6 is 0 Å². The highest BCUT2D eigenvalue weighted by atomic mass is 16.3. The lowest BCUT2D eigenvalue weighted by Crippen LogP contribution is -2.38. The standard InChI is InChI=1S/C20H24N4O/c1-20(2,3)18-9-19-21-10-15-16-5-4-14(8-17(15)24(19)22-18)23(16)11-13-6-7-25-12-13/h6-7,9-10,12,14,16H,4-5,8,11H2,1-3H3/t14-,16+/m1/s1. The van der Waals surface area contributed by atoms with E-state index >= 15 is 0 Å². The van der Waals surface area contributed by atoms with Gasteiger partial charge in [0.05, 0.1) is 23.9 Å². The Balaban J connectivity index is 1.57. The van der Waals surface area contributed by atoms with E-state index < -0.39 is 0 Å². The van der Waals surface area contributed by atoms with Gasteiger partial charge < -0.3 is 4.42 Å². The summed E-state index contributed by atoms with van der Waals surface area (Å²) < 4.78 is 7.36. The molecule has 2 aliphatic heterocycles. The van der Waals surface area contributed by atoms with Crippen LogP contribution in [0.25, 0.3) is 5.65 Å². The van der Waals surface area contributed by atoms with Crippen LogP contribution in [0.4, 0.5) is 0 Å². The van der Waals surface area contributed by atoms with Crippen LogP contribution in [0.2, 0.25) is 0 Å². The van der Waals surface area contributed by atoms with E-state index in [0.717, 1.165) is 24.3 Å². The Kier molecular flexibility index (Phi) is 3.14. The molecular weight excluding hydrogens is 312 g/mol. The maximum Gasteiger partial charge on any atom is 0.155 e. The Labute approximate surface area is 147 Å². The summed E-state index contributed by atoms with van der Waals surface area (Å²) in [6, 6.07) is 5.24. The first-order chi connectivity index (χ1) is 12.0. The molecule has 1 fully saturated rings. The predicted molar refractivity (Wildman–Crippen MR) is 95.4 cm³/mol. The van der Waals surface area contributed by atoms with Gasteiger partial charge in [-0.05, 0) is 18.9 Å². The Morgan fingerprint density at radius 2 is 2.16 bits per heavy atom. The Morgan fingerprint density at radius 1 is 1.28 bits per heavy atom. The molecule has 0 saturated carbocycles. The fraction of sp³-hybridized carbons (Fsp3) is 0.500. The van der Waals surface area contributed by atoms with E-state index in [2.05, 4.69) is 48.5 Å². The average Bonchev–Trinajstić information content (AvgIpc) is 3.27. The number of nitrogens with zero attached hydrogens (tertiary/aromatic N) is 4. The molecule has 5 heteroatoms. The molecule has 5 heterocycles. The number of aromatic nitrogens is 3. The topological polar surface area (TPSA) is 46.6 Å². The summed E-state index contributed by atoms with van der Waals surface area (Å²) in [4.78, 5) is 7.35. The number of rotatable bonds is 2. The zero-order chi connectivity index (χ0) is 17.2. The van der Waals surface area contributed by atoms with Crippen molar-refractivity contribution in [1.82, 2.24) is 19.5 Å². The fourth-order valence-corrected chi connectivity index (χ4v) is 4.39. The zero-order valence-electron chi connectivity index (χ0n) is 15.1. The maximum absolute atomic E-state index is 5.26. The first-order valence-electron chi connectivity index (χ1n) is 9.15. The maximum atomic E-state index is 5.26. The summed E-state index contributed by atoms with van der Waals surface area (Å²) in [7, 11) is 0. The molecule has 5 rings (SSSR count). The molecule has 0 amide bonds. The first kappa shape index (κ1) is 15.1. The number of hydrogen-bond acceptors (Lipinski definition) is 4. The summed E-state index contributed by atoms with van der Waals surface area (Å²) in [6.45, 7) is 7.57. The van der Waals surface area contributed by atoms with Crippen molar-refractivity contribution in [3.8, 4) is 0 Å². The fourth-order valence-electron chi connectivity index (χ4n) is 4.39. The van der Waals surface area contributed by atoms with Crippen molar-refractivity contribution in [3.05, 3.63) is 53.4 Å². The van der Waals surface area contributed by atoms with E-state index in [4.69, 9.17) is 14.5 Å². The molecule has 0 radical (unpaired) electrons. The van der Waals surface area contributed by atoms with Crippen LogP contribution in [-0.4, -0.2) is 25.5 Å². The van der Waals surface area contributed by atoms with Gasteiger partial charge in [0, 0.05) is 53.9 Å². The largest absolute Gasteiger partial charge is 0.472 e. The highest BCUT2D eigenvalue weighted by Crippen LogP contribution is 2.44. The van der Waals surface area contributed by atoms with Crippen LogP contribution in [-0.2, 0) is 18.4 Å². The number of hydrogen-bond donors (Lipinski definition) is 0. The Morgan fingerprint density at radius 3 is 2.92 bits per heavy atom. The second-order valence-electron chi connectivity index (χ2n) is 8.46. The number of furan rings is 1. The van der Waals surface area contributed by atoms with Crippen molar-refractivity contribution in [2.45, 2.75) is 64.1 Å². The molecular formula is C20H24N4O. The van der Waals surface area contributed by atoms with Crippen molar-refractivity contribution in [2.75, 3.05) is 0 Å². The quantitative estimate of drug-likeness (QED) is 0.712. The normalized spacial score (nSPS) is 23.3. The number of fused-ring (bicyclic) bond motifs is 6. The van der Waals surface area contributed by atoms with Crippen LogP contribution in [0.1, 0.15) is 62.2 Å². The van der Waals surface area contributed by atoms with Gasteiger partial charge in [0.15, 0.2) is 5.65 Å². The van der Waals surface area contributed by atoms with Crippen LogP contribution < -0.4 is 0 Å². The van der Waals surface area contributed by atoms with Gasteiger partial charge in [-0.25, -0.2) is 9.50 Å². The van der Waals surface area contributed by atoms with E-state index in [1.54, 1.807) is 6.26 Å². The van der Waals surface area contributed by atoms with Gasteiger partial charge in [0.25, 0.3) is 0 Å². The molecule has 3 aromatic heterocycles. The van der Waals surface area contributed by atoms with E-state index in [0.29, 0.717) is 12.1 Å².